The van der Waals surface area contributed by atoms with Crippen LogP contribution in [-0.2, 0) is 0 Å². The van der Waals surface area contributed by atoms with Crippen LogP contribution < -0.4 is 5.84 Å². The largest absolute Gasteiger partial charge is 0.464 e. The van der Waals surface area contributed by atoms with Crippen LogP contribution in [0, 0.1) is 0 Å². The van der Waals surface area contributed by atoms with Crippen molar-refractivity contribution in [1.29, 1.82) is 0 Å². The maximum atomic E-state index is 9.95. The lowest BCUT2D eigenvalue weighted by atomic mass is 10.4. The number of carbonyl (C=O) groups is 1. The van der Waals surface area contributed by atoms with Crippen LogP contribution in [0.25, 0.3) is 0 Å². The Kier molecular flexibility index (Phi) is 3.70. The second kappa shape index (κ2) is 4.04. The van der Waals surface area contributed by atoms with Gasteiger partial charge in [0.05, 0.1) is 0 Å². The summed E-state index contributed by atoms with van der Waals surface area (Å²) in [5.41, 5.74) is 0. The number of amides is 1. The van der Waals surface area contributed by atoms with Crippen LogP contribution in [-0.4, -0.2) is 39.3 Å². The van der Waals surface area contributed by atoms with Crippen LogP contribution in [0.15, 0.2) is 0 Å². The van der Waals surface area contributed by atoms with E-state index in [4.69, 9.17) is 21.2 Å². The molecule has 0 heterocycles. The summed E-state index contributed by atoms with van der Waals surface area (Å²) in [6.07, 6.45) is -2.88. The van der Waals surface area contributed by atoms with Crippen molar-refractivity contribution in [3.8, 4) is 0 Å². The monoisotopic (exact) mass is 150 g/mol. The fourth-order valence-corrected chi connectivity index (χ4v) is 0.350. The number of aliphatic hydroxyl groups excluding tert-OH is 1. The van der Waals surface area contributed by atoms with Gasteiger partial charge >= 0.3 is 6.09 Å². The van der Waals surface area contributed by atoms with E-state index in [0.717, 1.165) is 0 Å². The van der Waals surface area contributed by atoms with Crippen LogP contribution in [0.3, 0.4) is 0 Å². The summed E-state index contributed by atoms with van der Waals surface area (Å²) >= 11 is 0. The lowest BCUT2D eigenvalue weighted by molar-refractivity contribution is -0.0492. The Morgan fingerprint density at radius 2 is 2.10 bits per heavy atom. The summed E-state index contributed by atoms with van der Waals surface area (Å²) in [4.78, 5) is 9.95. The number of hydrogen-bond acceptors (Lipinski definition) is 4. The van der Waals surface area contributed by atoms with Crippen LogP contribution in [0.4, 0.5) is 4.79 Å². The molecule has 0 bridgehead atoms. The van der Waals surface area contributed by atoms with E-state index in [9.17, 15) is 4.79 Å². The maximum absolute atomic E-state index is 9.95. The maximum Gasteiger partial charge on any atom is 0.421 e. The molecule has 0 aliphatic carbocycles. The van der Waals surface area contributed by atoms with Crippen molar-refractivity contribution in [3.63, 3.8) is 0 Å². The van der Waals surface area contributed by atoms with Gasteiger partial charge in [0, 0.05) is 13.0 Å². The standard InChI is InChI=1S/C4H10N2O4/c5-6(4(9)10)2-1-3(7)8/h3,7-8H,1-2,5H2,(H,9,10). The predicted octanol–water partition coefficient (Wildman–Crippen LogP) is -1.46. The molecule has 6 heteroatoms. The van der Waals surface area contributed by atoms with Gasteiger partial charge in [-0.05, 0) is 0 Å². The molecule has 0 aromatic rings. The van der Waals surface area contributed by atoms with E-state index < -0.39 is 12.4 Å². The highest BCUT2D eigenvalue weighted by Crippen LogP contribution is 1.88. The summed E-state index contributed by atoms with van der Waals surface area (Å²) in [6, 6.07) is 0. The molecule has 0 atom stereocenters. The first-order chi connectivity index (χ1) is 4.54. The third-order valence-corrected chi connectivity index (χ3v) is 0.874. The van der Waals surface area contributed by atoms with Gasteiger partial charge in [-0.15, -0.1) is 0 Å². The van der Waals surface area contributed by atoms with Gasteiger partial charge in [0.1, 0.15) is 0 Å². The Morgan fingerprint density at radius 3 is 2.40 bits per heavy atom. The Hall–Kier alpha value is -0.850. The zero-order valence-electron chi connectivity index (χ0n) is 5.27. The molecule has 10 heavy (non-hydrogen) atoms. The minimum atomic E-state index is -1.51. The molecular weight excluding hydrogens is 140 g/mol. The normalized spacial score (nSPS) is 10.0. The van der Waals surface area contributed by atoms with Crippen LogP contribution in [0.2, 0.25) is 0 Å². The zero-order chi connectivity index (χ0) is 8.15. The third kappa shape index (κ3) is 4.07. The highest BCUT2D eigenvalue weighted by molar-refractivity contribution is 5.63. The number of rotatable bonds is 3. The Morgan fingerprint density at radius 1 is 1.60 bits per heavy atom. The molecule has 0 unspecified atom stereocenters. The molecule has 60 valence electrons. The predicted molar refractivity (Wildman–Crippen MR) is 31.8 cm³/mol. The van der Waals surface area contributed by atoms with Crippen molar-refractivity contribution >= 4 is 6.09 Å². The minimum Gasteiger partial charge on any atom is -0.464 e. The van der Waals surface area contributed by atoms with Gasteiger partial charge in [0.15, 0.2) is 6.29 Å². The van der Waals surface area contributed by atoms with Gasteiger partial charge in [0.25, 0.3) is 0 Å². The van der Waals surface area contributed by atoms with Gasteiger partial charge in [-0.25, -0.2) is 15.6 Å². The number of aliphatic hydroxyl groups is 2. The zero-order valence-corrected chi connectivity index (χ0v) is 5.27. The quantitative estimate of drug-likeness (QED) is 0.170. The van der Waals surface area contributed by atoms with E-state index in [1.165, 1.54) is 0 Å². The van der Waals surface area contributed by atoms with Crippen molar-refractivity contribution in [1.82, 2.24) is 5.01 Å². The Labute approximate surface area is 57.4 Å². The molecule has 0 saturated carbocycles. The fourth-order valence-electron chi connectivity index (χ4n) is 0.350. The van der Waals surface area contributed by atoms with Crippen molar-refractivity contribution < 1.29 is 20.1 Å². The number of hydrogen-bond donors (Lipinski definition) is 4. The molecule has 0 aliphatic heterocycles. The van der Waals surface area contributed by atoms with E-state index in [2.05, 4.69) is 0 Å². The van der Waals surface area contributed by atoms with E-state index >= 15 is 0 Å². The molecule has 0 rings (SSSR count). The summed E-state index contributed by atoms with van der Waals surface area (Å²) < 4.78 is 0. The van der Waals surface area contributed by atoms with Crippen LogP contribution in [0.5, 0.6) is 0 Å². The molecule has 1 amide bonds. The van der Waals surface area contributed by atoms with Crippen molar-refractivity contribution in [3.05, 3.63) is 0 Å². The van der Waals surface area contributed by atoms with Gasteiger partial charge < -0.3 is 15.3 Å². The first-order valence-electron chi connectivity index (χ1n) is 2.65. The number of nitrogens with two attached hydrogens (primary N) is 1. The van der Waals surface area contributed by atoms with Crippen LogP contribution >= 0.6 is 0 Å². The van der Waals surface area contributed by atoms with E-state index in [1.807, 2.05) is 0 Å². The smallest absolute Gasteiger partial charge is 0.421 e. The van der Waals surface area contributed by atoms with Gasteiger partial charge in [0.2, 0.25) is 0 Å². The Bertz CT molecular complexity index is 116. The van der Waals surface area contributed by atoms with E-state index in [-0.39, 0.29) is 13.0 Å². The van der Waals surface area contributed by atoms with Crippen LogP contribution in [0.1, 0.15) is 6.42 Å². The molecule has 0 fully saturated rings. The molecular formula is C4H10N2O4. The molecule has 0 radical (unpaired) electrons. The lowest BCUT2D eigenvalue weighted by Gasteiger charge is -2.11. The average Bonchev–Trinajstić information content (AvgIpc) is 1.82. The molecule has 0 aromatic carbocycles. The molecule has 0 spiro atoms. The molecule has 0 aromatic heterocycles. The van der Waals surface area contributed by atoms with Gasteiger partial charge in [-0.3, -0.25) is 0 Å². The number of carboxylic acid groups (broad SMARTS) is 1. The summed E-state index contributed by atoms with van der Waals surface area (Å²) in [6.45, 7) is -0.0903. The first-order valence-corrected chi connectivity index (χ1v) is 2.65. The summed E-state index contributed by atoms with van der Waals surface area (Å²) in [5.74, 6) is 4.88. The van der Waals surface area contributed by atoms with Gasteiger partial charge in [-0.1, -0.05) is 0 Å². The molecule has 5 N–H and O–H groups in total. The van der Waals surface area contributed by atoms with E-state index in [0.29, 0.717) is 5.01 Å². The molecule has 6 nitrogen and oxygen atoms in total. The second-order valence-corrected chi connectivity index (χ2v) is 1.75. The summed E-state index contributed by atoms with van der Waals surface area (Å²) in [5, 5.41) is 25.1. The van der Waals surface area contributed by atoms with Crippen molar-refractivity contribution in [2.24, 2.45) is 5.84 Å². The average molecular weight is 150 g/mol. The van der Waals surface area contributed by atoms with Crippen molar-refractivity contribution in [2.45, 2.75) is 12.7 Å². The minimum absolute atomic E-state index is 0.0806. The SMILES string of the molecule is NN(CCC(O)O)C(=O)O. The lowest BCUT2D eigenvalue weighted by Crippen LogP contribution is -2.38. The fraction of sp³-hybridized carbons (Fsp3) is 0.750. The van der Waals surface area contributed by atoms with Gasteiger partial charge in [-0.2, -0.15) is 0 Å². The third-order valence-electron chi connectivity index (χ3n) is 0.874. The second-order valence-electron chi connectivity index (χ2n) is 1.75. The first kappa shape index (κ1) is 9.15. The highest BCUT2D eigenvalue weighted by Gasteiger charge is 2.06. The van der Waals surface area contributed by atoms with E-state index in [1.54, 1.807) is 0 Å². The number of nitrogens with zero attached hydrogens (tertiary/aromatic N) is 1. The highest BCUT2D eigenvalue weighted by atomic mass is 16.5. The topological polar surface area (TPSA) is 107 Å². The number of hydrazine groups is 1. The summed E-state index contributed by atoms with van der Waals surface area (Å²) in [7, 11) is 0. The molecule has 0 saturated heterocycles. The molecule has 0 aliphatic rings. The Balaban J connectivity index is 3.40. The van der Waals surface area contributed by atoms with Crippen molar-refractivity contribution in [2.75, 3.05) is 6.54 Å².